The predicted octanol–water partition coefficient (Wildman–Crippen LogP) is 4.86. The van der Waals surface area contributed by atoms with E-state index in [1.165, 1.54) is 0 Å². The van der Waals surface area contributed by atoms with Crippen LogP contribution in [0.3, 0.4) is 0 Å². The molecule has 0 saturated heterocycles. The summed E-state index contributed by atoms with van der Waals surface area (Å²) < 4.78 is 13.4. The predicted molar refractivity (Wildman–Crippen MR) is 84.5 cm³/mol. The van der Waals surface area contributed by atoms with E-state index >= 15 is 0 Å². The van der Waals surface area contributed by atoms with Crippen molar-refractivity contribution in [2.45, 2.75) is 25.9 Å². The summed E-state index contributed by atoms with van der Waals surface area (Å²) in [6.07, 6.45) is 1.97. The van der Waals surface area contributed by atoms with Gasteiger partial charge in [0.2, 0.25) is 0 Å². The molecule has 2 heteroatoms. The third kappa shape index (κ3) is 2.93. The minimum atomic E-state index is -2.58. The fraction of sp³-hybridized carbons (Fsp3) is 0.235. The number of benzene rings is 1. The molecule has 100 valence electrons. The van der Waals surface area contributed by atoms with Crippen LogP contribution < -0.4 is 5.30 Å². The molecule has 2 aromatic rings. The van der Waals surface area contributed by atoms with Crippen LogP contribution in [-0.4, -0.2) is 5.16 Å². The summed E-state index contributed by atoms with van der Waals surface area (Å²) in [6, 6.07) is 17.8. The van der Waals surface area contributed by atoms with Gasteiger partial charge in [-0.05, 0) is 0 Å². The van der Waals surface area contributed by atoms with Gasteiger partial charge in [0.1, 0.15) is 7.14 Å². The van der Waals surface area contributed by atoms with Gasteiger partial charge in [0.15, 0.2) is 0 Å². The fourth-order valence-corrected chi connectivity index (χ4v) is 4.43. The topological polar surface area (TPSA) is 17.1 Å². The Morgan fingerprint density at radius 2 is 1.58 bits per heavy atom. The highest BCUT2D eigenvalue weighted by Crippen LogP contribution is 2.58. The third-order valence-electron chi connectivity index (χ3n) is 3.30. The molecule has 1 nitrogen and oxygen atoms in total. The molecule has 0 aliphatic heterocycles. The van der Waals surface area contributed by atoms with Crippen LogP contribution in [0.5, 0.6) is 0 Å². The zero-order valence-electron chi connectivity index (χ0n) is 11.7. The number of hydrogen-bond acceptors (Lipinski definition) is 1. The standard InChI is InChI=1S/C17H20OP/c1-17(2,3)19(18,16-11-5-4-6-12-16)14-13-15-9-7-8-10-15/h4-14H,1-3H3/q-1/b14-13+/t19-/m0/s1. The molecule has 0 saturated carbocycles. The van der Waals surface area contributed by atoms with E-state index in [0.717, 1.165) is 10.9 Å². The van der Waals surface area contributed by atoms with Crippen LogP contribution in [0.25, 0.3) is 6.08 Å². The van der Waals surface area contributed by atoms with Crippen LogP contribution in [0.1, 0.15) is 26.3 Å². The lowest BCUT2D eigenvalue weighted by Gasteiger charge is -2.31. The van der Waals surface area contributed by atoms with E-state index in [1.807, 2.05) is 87.3 Å². The average Bonchev–Trinajstić information content (AvgIpc) is 2.89. The maximum atomic E-state index is 13.4. The van der Waals surface area contributed by atoms with E-state index < -0.39 is 7.14 Å². The largest absolute Gasteiger partial charge is 0.324 e. The Balaban J connectivity index is 2.45. The lowest BCUT2D eigenvalue weighted by Crippen LogP contribution is -2.21. The van der Waals surface area contributed by atoms with Crippen LogP contribution in [0.15, 0.2) is 60.4 Å². The molecule has 0 unspecified atom stereocenters. The minimum absolute atomic E-state index is 0.280. The summed E-state index contributed by atoms with van der Waals surface area (Å²) in [5.74, 6) is 1.90. The summed E-state index contributed by atoms with van der Waals surface area (Å²) >= 11 is 0. The second-order valence-electron chi connectivity index (χ2n) is 5.70. The number of hydrogen-bond donors (Lipinski definition) is 0. The Morgan fingerprint density at radius 1 is 1.00 bits per heavy atom. The smallest absolute Gasteiger partial charge is 0.106 e. The Morgan fingerprint density at radius 3 is 2.11 bits per heavy atom. The van der Waals surface area contributed by atoms with Gasteiger partial charge < -0.3 is 4.57 Å². The maximum Gasteiger partial charge on any atom is 0.106 e. The van der Waals surface area contributed by atoms with Gasteiger partial charge in [-0.15, -0.1) is 23.8 Å². The Hall–Kier alpha value is -1.46. The van der Waals surface area contributed by atoms with Gasteiger partial charge in [0.25, 0.3) is 0 Å². The highest BCUT2D eigenvalue weighted by Gasteiger charge is 2.33. The van der Waals surface area contributed by atoms with Crippen molar-refractivity contribution in [1.29, 1.82) is 0 Å². The molecular weight excluding hydrogens is 251 g/mol. The first kappa shape index (κ1) is 14.0. The van der Waals surface area contributed by atoms with Crippen molar-refractivity contribution >= 4 is 18.5 Å². The van der Waals surface area contributed by atoms with Crippen molar-refractivity contribution in [2.75, 3.05) is 0 Å². The molecule has 0 bridgehead atoms. The molecule has 1 atom stereocenters. The summed E-state index contributed by atoms with van der Waals surface area (Å²) in [4.78, 5) is 0. The Labute approximate surface area is 115 Å². The normalized spacial score (nSPS) is 15.5. The van der Waals surface area contributed by atoms with Gasteiger partial charge in [0, 0.05) is 10.5 Å². The molecule has 0 spiro atoms. The highest BCUT2D eigenvalue weighted by molar-refractivity contribution is 7.76. The summed E-state index contributed by atoms with van der Waals surface area (Å²) in [5.41, 5.74) is 1.10. The Kier molecular flexibility index (Phi) is 3.87. The second-order valence-corrected chi connectivity index (χ2v) is 9.17. The highest BCUT2D eigenvalue weighted by atomic mass is 31.2. The zero-order valence-corrected chi connectivity index (χ0v) is 12.6. The molecule has 0 amide bonds. The first-order valence-corrected chi connectivity index (χ1v) is 8.27. The van der Waals surface area contributed by atoms with Crippen LogP contribution in [0, 0.1) is 0 Å². The van der Waals surface area contributed by atoms with Crippen LogP contribution in [0.2, 0.25) is 0 Å². The van der Waals surface area contributed by atoms with Crippen molar-refractivity contribution in [3.8, 4) is 0 Å². The minimum Gasteiger partial charge on any atom is -0.324 e. The van der Waals surface area contributed by atoms with Gasteiger partial charge in [-0.3, -0.25) is 0 Å². The SMILES string of the molecule is CC(C)(C)[P@](=O)(/C=C/[c-]1cccc1)c1ccccc1. The lowest BCUT2D eigenvalue weighted by atomic mass is 10.3. The third-order valence-corrected chi connectivity index (χ3v) is 6.93. The molecular formula is C17H20OP-. The molecule has 19 heavy (non-hydrogen) atoms. The molecule has 0 aromatic heterocycles. The van der Waals surface area contributed by atoms with Gasteiger partial charge in [-0.1, -0.05) is 56.9 Å². The van der Waals surface area contributed by atoms with Crippen molar-refractivity contribution in [1.82, 2.24) is 0 Å². The van der Waals surface area contributed by atoms with E-state index in [0.29, 0.717) is 0 Å². The van der Waals surface area contributed by atoms with Gasteiger partial charge in [-0.25, -0.2) is 0 Å². The van der Waals surface area contributed by atoms with Crippen molar-refractivity contribution in [3.05, 3.63) is 66.0 Å². The van der Waals surface area contributed by atoms with Gasteiger partial charge in [-0.2, -0.15) is 12.1 Å². The fourth-order valence-electron chi connectivity index (χ4n) is 2.04. The zero-order chi connectivity index (χ0) is 13.9. The summed E-state index contributed by atoms with van der Waals surface area (Å²) in [5, 5.41) is 0.641. The first-order chi connectivity index (χ1) is 8.93. The van der Waals surface area contributed by atoms with E-state index in [4.69, 9.17) is 0 Å². The van der Waals surface area contributed by atoms with Gasteiger partial charge in [0.05, 0.1) is 0 Å². The van der Waals surface area contributed by atoms with Crippen LogP contribution in [0.4, 0.5) is 0 Å². The second kappa shape index (κ2) is 5.27. The van der Waals surface area contributed by atoms with E-state index in [9.17, 15) is 4.57 Å². The van der Waals surface area contributed by atoms with Crippen LogP contribution >= 0.6 is 7.14 Å². The first-order valence-electron chi connectivity index (χ1n) is 6.50. The molecule has 0 N–H and O–H groups in total. The maximum absolute atomic E-state index is 13.4. The van der Waals surface area contributed by atoms with E-state index in [-0.39, 0.29) is 5.16 Å². The van der Waals surface area contributed by atoms with Crippen LogP contribution in [-0.2, 0) is 4.57 Å². The summed E-state index contributed by atoms with van der Waals surface area (Å²) in [7, 11) is -2.58. The molecule has 0 aliphatic rings. The average molecular weight is 271 g/mol. The monoisotopic (exact) mass is 271 g/mol. The molecule has 0 radical (unpaired) electrons. The molecule has 0 fully saturated rings. The number of rotatable bonds is 3. The lowest BCUT2D eigenvalue weighted by molar-refractivity contribution is 0.563. The van der Waals surface area contributed by atoms with Crippen molar-refractivity contribution in [3.63, 3.8) is 0 Å². The van der Waals surface area contributed by atoms with Crippen molar-refractivity contribution in [2.24, 2.45) is 0 Å². The molecule has 2 aromatic carbocycles. The van der Waals surface area contributed by atoms with Gasteiger partial charge >= 0.3 is 0 Å². The summed E-state index contributed by atoms with van der Waals surface area (Å²) in [6.45, 7) is 6.11. The quantitative estimate of drug-likeness (QED) is 0.575. The molecule has 2 rings (SSSR count). The molecule has 0 aliphatic carbocycles. The van der Waals surface area contributed by atoms with E-state index in [2.05, 4.69) is 0 Å². The molecule has 0 heterocycles. The Bertz CT molecular complexity index is 586. The van der Waals surface area contributed by atoms with Crippen molar-refractivity contribution < 1.29 is 4.57 Å². The van der Waals surface area contributed by atoms with E-state index in [1.54, 1.807) is 0 Å².